The topological polar surface area (TPSA) is 99.4 Å². The Kier molecular flexibility index (Phi) is 7.14. The van der Waals surface area contributed by atoms with Crippen LogP contribution in [-0.2, 0) is 11.3 Å². The number of carbonyl (C=O) groups excluding carboxylic acids is 1. The molecule has 202 valence electrons. The summed E-state index contributed by atoms with van der Waals surface area (Å²) in [7, 11) is 0. The maximum Gasteiger partial charge on any atom is 0.396 e. The molecule has 2 fully saturated rings. The van der Waals surface area contributed by atoms with Crippen molar-refractivity contribution < 1.29 is 23.1 Å². The smallest absolute Gasteiger partial charge is 0.392 e. The van der Waals surface area contributed by atoms with Crippen LogP contribution in [0.3, 0.4) is 0 Å². The van der Waals surface area contributed by atoms with Crippen LogP contribution in [0.25, 0.3) is 0 Å². The molecule has 2 atom stereocenters. The van der Waals surface area contributed by atoms with Crippen molar-refractivity contribution in [3.05, 3.63) is 29.6 Å². The van der Waals surface area contributed by atoms with Crippen molar-refractivity contribution in [2.75, 3.05) is 42.9 Å². The number of hydrogen-bond donors (Lipinski definition) is 2. The first-order valence-corrected chi connectivity index (χ1v) is 13.0. The van der Waals surface area contributed by atoms with Crippen LogP contribution < -0.4 is 10.2 Å². The van der Waals surface area contributed by atoms with Gasteiger partial charge in [0.1, 0.15) is 23.8 Å². The van der Waals surface area contributed by atoms with E-state index in [1.807, 2.05) is 4.90 Å². The SMILES string of the molecule is CC(C)c1cn(CCN2CCC(O)C2)c(C2CCN(c3ncnc4c3C(C(F)(F)F)CC(=O)N4)CC2)n1. The molecule has 37 heavy (non-hydrogen) atoms. The lowest BCUT2D eigenvalue weighted by atomic mass is 9.90. The molecule has 0 bridgehead atoms. The van der Waals surface area contributed by atoms with E-state index in [0.29, 0.717) is 19.6 Å². The minimum absolute atomic E-state index is 0.0376. The third kappa shape index (κ3) is 5.45. The minimum atomic E-state index is -4.56. The second-order valence-electron chi connectivity index (χ2n) is 10.7. The van der Waals surface area contributed by atoms with Crippen molar-refractivity contribution in [1.29, 1.82) is 0 Å². The van der Waals surface area contributed by atoms with Gasteiger partial charge in [-0.3, -0.25) is 9.69 Å². The first-order valence-electron chi connectivity index (χ1n) is 13.0. The number of aromatic nitrogens is 4. The van der Waals surface area contributed by atoms with Crippen LogP contribution in [0.4, 0.5) is 24.8 Å². The summed E-state index contributed by atoms with van der Waals surface area (Å²) in [6.07, 6.45) is 0.141. The van der Waals surface area contributed by atoms with E-state index in [4.69, 9.17) is 4.98 Å². The van der Waals surface area contributed by atoms with E-state index in [1.165, 1.54) is 6.33 Å². The predicted octanol–water partition coefficient (Wildman–Crippen LogP) is 3.24. The summed E-state index contributed by atoms with van der Waals surface area (Å²) < 4.78 is 43.8. The molecule has 12 heteroatoms. The van der Waals surface area contributed by atoms with Gasteiger partial charge < -0.3 is 19.9 Å². The maximum absolute atomic E-state index is 13.9. The van der Waals surface area contributed by atoms with Crippen molar-refractivity contribution in [2.45, 2.75) is 76.1 Å². The number of nitrogens with zero attached hydrogens (tertiary/aromatic N) is 6. The van der Waals surface area contributed by atoms with Gasteiger partial charge in [0.15, 0.2) is 0 Å². The fraction of sp³-hybridized carbons (Fsp3) is 0.680. The van der Waals surface area contributed by atoms with Crippen LogP contribution in [0, 0.1) is 0 Å². The van der Waals surface area contributed by atoms with Crippen molar-refractivity contribution in [2.24, 2.45) is 0 Å². The summed E-state index contributed by atoms with van der Waals surface area (Å²) in [4.78, 5) is 29.2. The molecule has 0 aromatic carbocycles. The standard InChI is InChI=1S/C25H34F3N7O2/c1-15(2)19-13-35(10-9-33-6-5-17(36)12-33)23(31-19)16-3-7-34(8-4-16)24-21-18(25(26,27)28)11-20(37)32-22(21)29-14-30-24/h13-18,36H,3-12H2,1-2H3,(H,29,30,32,37). The van der Waals surface area contributed by atoms with Gasteiger partial charge in [0.25, 0.3) is 0 Å². The van der Waals surface area contributed by atoms with E-state index in [1.54, 1.807) is 0 Å². The van der Waals surface area contributed by atoms with Gasteiger partial charge in [-0.2, -0.15) is 13.2 Å². The largest absolute Gasteiger partial charge is 0.396 e. The highest BCUT2D eigenvalue weighted by atomic mass is 19.4. The van der Waals surface area contributed by atoms with Gasteiger partial charge in [0, 0.05) is 57.8 Å². The molecular weight excluding hydrogens is 487 g/mol. The van der Waals surface area contributed by atoms with Crippen LogP contribution in [-0.4, -0.2) is 80.4 Å². The van der Waals surface area contributed by atoms with E-state index < -0.39 is 24.4 Å². The summed E-state index contributed by atoms with van der Waals surface area (Å²) in [5.41, 5.74) is 0.997. The fourth-order valence-electron chi connectivity index (χ4n) is 5.66. The van der Waals surface area contributed by atoms with Crippen LogP contribution in [0.1, 0.15) is 74.4 Å². The zero-order valence-electron chi connectivity index (χ0n) is 21.2. The lowest BCUT2D eigenvalue weighted by molar-refractivity contribution is -0.156. The lowest BCUT2D eigenvalue weighted by Crippen LogP contribution is -2.38. The highest BCUT2D eigenvalue weighted by Crippen LogP contribution is 2.46. The Morgan fingerprint density at radius 3 is 2.54 bits per heavy atom. The Bertz CT molecular complexity index is 1130. The third-order valence-corrected chi connectivity index (χ3v) is 7.74. The van der Waals surface area contributed by atoms with Gasteiger partial charge in [-0.1, -0.05) is 13.8 Å². The van der Waals surface area contributed by atoms with Crippen LogP contribution in [0.2, 0.25) is 0 Å². The van der Waals surface area contributed by atoms with Crippen LogP contribution >= 0.6 is 0 Å². The molecule has 2 unspecified atom stereocenters. The maximum atomic E-state index is 13.9. The lowest BCUT2D eigenvalue weighted by Gasteiger charge is -2.36. The molecule has 9 nitrogen and oxygen atoms in total. The van der Waals surface area contributed by atoms with Gasteiger partial charge >= 0.3 is 6.18 Å². The Hall–Kier alpha value is -2.73. The average Bonchev–Trinajstić information content (AvgIpc) is 3.47. The number of aliphatic hydroxyl groups is 1. The fourth-order valence-corrected chi connectivity index (χ4v) is 5.66. The molecule has 2 aromatic heterocycles. The summed E-state index contributed by atoms with van der Waals surface area (Å²) in [5, 5.41) is 12.3. The Morgan fingerprint density at radius 1 is 1.14 bits per heavy atom. The summed E-state index contributed by atoms with van der Waals surface area (Å²) in [6, 6.07) is 0. The van der Waals surface area contributed by atoms with Gasteiger partial charge in [-0.15, -0.1) is 0 Å². The second-order valence-corrected chi connectivity index (χ2v) is 10.7. The number of aliphatic hydroxyl groups excluding tert-OH is 1. The van der Waals surface area contributed by atoms with E-state index in [2.05, 4.69) is 44.8 Å². The van der Waals surface area contributed by atoms with Crippen LogP contribution in [0.15, 0.2) is 12.5 Å². The number of rotatable bonds is 6. The number of carbonyl (C=O) groups is 1. The average molecular weight is 522 g/mol. The highest BCUT2D eigenvalue weighted by Gasteiger charge is 2.48. The Morgan fingerprint density at radius 2 is 1.89 bits per heavy atom. The van der Waals surface area contributed by atoms with E-state index in [0.717, 1.165) is 50.4 Å². The second kappa shape index (κ2) is 10.2. The van der Waals surface area contributed by atoms with Crippen molar-refractivity contribution >= 4 is 17.5 Å². The summed E-state index contributed by atoms with van der Waals surface area (Å²) in [6.45, 7) is 8.52. The molecular formula is C25H34F3N7O2. The number of imidazole rings is 1. The number of hydrogen-bond acceptors (Lipinski definition) is 7. The number of alkyl halides is 3. The molecule has 0 radical (unpaired) electrons. The number of anilines is 2. The van der Waals surface area contributed by atoms with Gasteiger partial charge in [0.05, 0.1) is 23.3 Å². The number of halogens is 3. The zero-order valence-corrected chi connectivity index (χ0v) is 21.2. The van der Waals surface area contributed by atoms with E-state index in [-0.39, 0.29) is 35.1 Å². The number of amides is 1. The molecule has 5 rings (SSSR count). The van der Waals surface area contributed by atoms with Crippen molar-refractivity contribution in [1.82, 2.24) is 24.4 Å². The molecule has 0 saturated carbocycles. The number of nitrogens with one attached hydrogen (secondary N) is 1. The Labute approximate surface area is 214 Å². The molecule has 2 saturated heterocycles. The first kappa shape index (κ1) is 25.9. The molecule has 0 aliphatic carbocycles. The zero-order chi connectivity index (χ0) is 26.3. The molecule has 5 heterocycles. The molecule has 3 aliphatic rings. The van der Waals surface area contributed by atoms with Crippen LogP contribution in [0.5, 0.6) is 0 Å². The molecule has 1 amide bonds. The number of fused-ring (bicyclic) bond motifs is 1. The highest BCUT2D eigenvalue weighted by molar-refractivity contribution is 5.94. The Balaban J connectivity index is 1.33. The van der Waals surface area contributed by atoms with Gasteiger partial charge in [0.2, 0.25) is 5.91 Å². The monoisotopic (exact) mass is 521 g/mol. The third-order valence-electron chi connectivity index (χ3n) is 7.74. The van der Waals surface area contributed by atoms with Crippen molar-refractivity contribution in [3.63, 3.8) is 0 Å². The van der Waals surface area contributed by atoms with Crippen molar-refractivity contribution in [3.8, 4) is 0 Å². The minimum Gasteiger partial charge on any atom is -0.392 e. The molecule has 0 spiro atoms. The summed E-state index contributed by atoms with van der Waals surface area (Å²) >= 11 is 0. The van der Waals surface area contributed by atoms with E-state index >= 15 is 0 Å². The van der Waals surface area contributed by atoms with Gasteiger partial charge in [-0.25, -0.2) is 15.0 Å². The first-order chi connectivity index (χ1) is 17.6. The molecule has 3 aliphatic heterocycles. The van der Waals surface area contributed by atoms with Gasteiger partial charge in [-0.05, 0) is 25.2 Å². The normalized spacial score (nSPS) is 23.5. The number of likely N-dealkylation sites (tertiary alicyclic amines) is 1. The van der Waals surface area contributed by atoms with E-state index in [9.17, 15) is 23.1 Å². The molecule has 2 N–H and O–H groups in total. The molecule has 2 aromatic rings. The number of β-amino-alcohol motifs (C(OH)–C–C–N with tert-alkyl or cyclic N) is 1. The quantitative estimate of drug-likeness (QED) is 0.602. The summed E-state index contributed by atoms with van der Waals surface area (Å²) in [5.74, 6) is -0.900. The number of piperidine rings is 1. The predicted molar refractivity (Wildman–Crippen MR) is 132 cm³/mol.